The van der Waals surface area contributed by atoms with Gasteiger partial charge in [-0.3, -0.25) is 15.5 Å². The van der Waals surface area contributed by atoms with Gasteiger partial charge < -0.3 is 5.11 Å². The number of nitro benzene ring substituents is 1. The van der Waals surface area contributed by atoms with Crippen LogP contribution in [0.5, 0.6) is 5.75 Å². The Morgan fingerprint density at radius 2 is 1.81 bits per heavy atom. The van der Waals surface area contributed by atoms with Gasteiger partial charge in [0.1, 0.15) is 11.4 Å². The van der Waals surface area contributed by atoms with Crippen molar-refractivity contribution in [2.24, 2.45) is 5.10 Å². The van der Waals surface area contributed by atoms with Crippen molar-refractivity contribution in [1.29, 1.82) is 0 Å². The van der Waals surface area contributed by atoms with Crippen molar-refractivity contribution in [3.63, 3.8) is 0 Å². The summed E-state index contributed by atoms with van der Waals surface area (Å²) in [6.07, 6.45) is 3.00. The molecule has 0 bridgehead atoms. The van der Waals surface area contributed by atoms with E-state index in [-0.39, 0.29) is 22.0 Å². The second-order valence-corrected chi connectivity index (χ2v) is 7.95. The maximum Gasteiger partial charge on any atom is 0.295 e. The minimum atomic E-state index is -3.74. The Balaban J connectivity index is 1.83. The molecule has 142 valence electrons. The van der Waals surface area contributed by atoms with Crippen molar-refractivity contribution >= 4 is 27.6 Å². The van der Waals surface area contributed by atoms with E-state index in [0.29, 0.717) is 18.7 Å². The molecule has 0 amide bonds. The van der Waals surface area contributed by atoms with Crippen LogP contribution in [-0.2, 0) is 10.0 Å². The van der Waals surface area contributed by atoms with Gasteiger partial charge in [0.15, 0.2) is 0 Å². The van der Waals surface area contributed by atoms with Crippen LogP contribution in [0.3, 0.4) is 0 Å². The molecule has 1 aliphatic heterocycles. The number of nitrogens with one attached hydrogen (secondary N) is 1. The van der Waals surface area contributed by atoms with Crippen LogP contribution in [0.25, 0.3) is 0 Å². The van der Waals surface area contributed by atoms with Crippen molar-refractivity contribution in [3.8, 4) is 5.75 Å². The highest BCUT2D eigenvalue weighted by molar-refractivity contribution is 7.89. The molecule has 0 saturated carbocycles. The van der Waals surface area contributed by atoms with E-state index in [1.165, 1.54) is 34.8 Å². The highest BCUT2D eigenvalue weighted by atomic mass is 32.2. The molecule has 1 fully saturated rings. The van der Waals surface area contributed by atoms with E-state index in [0.717, 1.165) is 18.9 Å². The molecule has 0 spiro atoms. The van der Waals surface area contributed by atoms with Gasteiger partial charge in [0.2, 0.25) is 10.0 Å². The van der Waals surface area contributed by atoms with Crippen molar-refractivity contribution < 1.29 is 18.4 Å². The zero-order chi connectivity index (χ0) is 19.4. The maximum absolute atomic E-state index is 12.6. The topological polar surface area (TPSA) is 125 Å². The average molecular weight is 390 g/mol. The molecule has 0 aliphatic carbocycles. The Kier molecular flexibility index (Phi) is 5.38. The first-order valence-electron chi connectivity index (χ1n) is 8.24. The number of phenolic OH excluding ortho intramolecular Hbond substituents is 1. The van der Waals surface area contributed by atoms with Crippen LogP contribution in [0.4, 0.5) is 11.4 Å². The first-order valence-corrected chi connectivity index (χ1v) is 9.68. The number of phenols is 1. The Bertz CT molecular complexity index is 967. The smallest absolute Gasteiger partial charge is 0.295 e. The van der Waals surface area contributed by atoms with Crippen molar-refractivity contribution in [2.75, 3.05) is 18.5 Å². The SMILES string of the molecule is O=[N+]([O-])c1cc(S(=O)(=O)N2CCCC2)ccc1N/N=C/c1ccc(O)cc1. The number of hydrazone groups is 1. The van der Waals surface area contributed by atoms with Gasteiger partial charge in [0, 0.05) is 19.2 Å². The summed E-state index contributed by atoms with van der Waals surface area (Å²) < 4.78 is 26.5. The fourth-order valence-corrected chi connectivity index (χ4v) is 4.27. The van der Waals surface area contributed by atoms with Crippen molar-refractivity contribution in [3.05, 3.63) is 58.1 Å². The van der Waals surface area contributed by atoms with Gasteiger partial charge in [-0.2, -0.15) is 9.41 Å². The molecular weight excluding hydrogens is 372 g/mol. The van der Waals surface area contributed by atoms with E-state index in [2.05, 4.69) is 10.5 Å². The van der Waals surface area contributed by atoms with Crippen LogP contribution in [0.2, 0.25) is 0 Å². The lowest BCUT2D eigenvalue weighted by Gasteiger charge is -2.15. The van der Waals surface area contributed by atoms with Gasteiger partial charge >= 0.3 is 0 Å². The monoisotopic (exact) mass is 390 g/mol. The summed E-state index contributed by atoms with van der Waals surface area (Å²) in [5.41, 5.74) is 2.94. The molecule has 0 aromatic heterocycles. The quantitative estimate of drug-likeness (QED) is 0.443. The first kappa shape index (κ1) is 18.8. The minimum absolute atomic E-state index is 0.0791. The maximum atomic E-state index is 12.6. The van der Waals surface area contributed by atoms with Crippen LogP contribution in [0, 0.1) is 10.1 Å². The van der Waals surface area contributed by atoms with Crippen LogP contribution in [0.15, 0.2) is 52.5 Å². The number of sulfonamides is 1. The van der Waals surface area contributed by atoms with E-state index in [1.807, 2.05) is 0 Å². The molecule has 10 heteroatoms. The number of rotatable bonds is 6. The third kappa shape index (κ3) is 4.23. The van der Waals surface area contributed by atoms with Gasteiger partial charge in [-0.1, -0.05) is 0 Å². The van der Waals surface area contributed by atoms with Gasteiger partial charge in [-0.05, 0) is 54.8 Å². The van der Waals surface area contributed by atoms with E-state index in [1.54, 1.807) is 12.1 Å². The Morgan fingerprint density at radius 1 is 1.15 bits per heavy atom. The Labute approximate surface area is 156 Å². The van der Waals surface area contributed by atoms with Crippen LogP contribution < -0.4 is 5.43 Å². The number of nitro groups is 1. The molecule has 1 aliphatic rings. The average Bonchev–Trinajstić information content (AvgIpc) is 3.19. The largest absolute Gasteiger partial charge is 0.508 e. The number of hydrogen-bond donors (Lipinski definition) is 2. The van der Waals surface area contributed by atoms with E-state index >= 15 is 0 Å². The van der Waals surface area contributed by atoms with Crippen LogP contribution >= 0.6 is 0 Å². The van der Waals surface area contributed by atoms with Crippen molar-refractivity contribution in [1.82, 2.24) is 4.31 Å². The van der Waals surface area contributed by atoms with E-state index in [9.17, 15) is 23.6 Å². The zero-order valence-corrected chi connectivity index (χ0v) is 15.1. The third-order valence-corrected chi connectivity index (χ3v) is 6.06. The second kappa shape index (κ2) is 7.72. The summed E-state index contributed by atoms with van der Waals surface area (Å²) in [6, 6.07) is 9.94. The Hall–Kier alpha value is -2.98. The molecule has 2 aromatic carbocycles. The predicted molar refractivity (Wildman–Crippen MR) is 100 cm³/mol. The van der Waals surface area contributed by atoms with E-state index in [4.69, 9.17) is 0 Å². The fourth-order valence-electron chi connectivity index (χ4n) is 2.73. The van der Waals surface area contributed by atoms with Crippen LogP contribution in [0.1, 0.15) is 18.4 Å². The summed E-state index contributed by atoms with van der Waals surface area (Å²) in [6.45, 7) is 0.847. The summed E-state index contributed by atoms with van der Waals surface area (Å²) in [5.74, 6) is 0.116. The van der Waals surface area contributed by atoms with Gasteiger partial charge in [-0.15, -0.1) is 0 Å². The standard InChI is InChI=1S/C17H18N4O5S/c22-14-5-3-13(4-6-14)12-18-19-16-8-7-15(11-17(16)21(23)24)27(25,26)20-9-1-2-10-20/h3-8,11-12,19,22H,1-2,9-10H2/b18-12+. The zero-order valence-electron chi connectivity index (χ0n) is 14.3. The molecule has 0 unspecified atom stereocenters. The normalized spacial score (nSPS) is 15.3. The lowest BCUT2D eigenvalue weighted by atomic mass is 10.2. The number of hydrogen-bond acceptors (Lipinski definition) is 7. The molecule has 2 aromatic rings. The lowest BCUT2D eigenvalue weighted by Crippen LogP contribution is -2.27. The Morgan fingerprint density at radius 3 is 2.44 bits per heavy atom. The molecular formula is C17H18N4O5S. The molecule has 27 heavy (non-hydrogen) atoms. The molecule has 0 radical (unpaired) electrons. The highest BCUT2D eigenvalue weighted by Crippen LogP contribution is 2.30. The highest BCUT2D eigenvalue weighted by Gasteiger charge is 2.29. The first-order chi connectivity index (χ1) is 12.9. The van der Waals surface area contributed by atoms with E-state index < -0.39 is 14.9 Å². The molecule has 2 N–H and O–H groups in total. The molecule has 3 rings (SSSR count). The summed E-state index contributed by atoms with van der Waals surface area (Å²) >= 11 is 0. The number of aromatic hydroxyl groups is 1. The molecule has 0 atom stereocenters. The number of anilines is 1. The van der Waals surface area contributed by atoms with Gasteiger partial charge in [0.25, 0.3) is 5.69 Å². The fraction of sp³-hybridized carbons (Fsp3) is 0.235. The lowest BCUT2D eigenvalue weighted by molar-refractivity contribution is -0.384. The minimum Gasteiger partial charge on any atom is -0.508 e. The predicted octanol–water partition coefficient (Wildman–Crippen LogP) is 2.53. The second-order valence-electron chi connectivity index (χ2n) is 6.01. The third-order valence-electron chi connectivity index (χ3n) is 4.16. The number of nitrogens with zero attached hydrogens (tertiary/aromatic N) is 3. The summed E-state index contributed by atoms with van der Waals surface area (Å²) in [4.78, 5) is 10.6. The molecule has 1 heterocycles. The van der Waals surface area contributed by atoms with Gasteiger partial charge in [-0.25, -0.2) is 8.42 Å². The van der Waals surface area contributed by atoms with Gasteiger partial charge in [0.05, 0.1) is 16.0 Å². The molecule has 9 nitrogen and oxygen atoms in total. The summed E-state index contributed by atoms with van der Waals surface area (Å²) in [5, 5.41) is 24.5. The van der Waals surface area contributed by atoms with Crippen LogP contribution in [-0.4, -0.2) is 42.1 Å². The van der Waals surface area contributed by atoms with Crippen molar-refractivity contribution in [2.45, 2.75) is 17.7 Å². The number of benzene rings is 2. The molecule has 1 saturated heterocycles. The summed E-state index contributed by atoms with van der Waals surface area (Å²) in [7, 11) is -3.74.